The molecule has 1 aliphatic rings. The van der Waals surface area contributed by atoms with Crippen LogP contribution in [0.25, 0.3) is 0 Å². The second-order valence-corrected chi connectivity index (χ2v) is 4.13. The van der Waals surface area contributed by atoms with Crippen molar-refractivity contribution in [3.8, 4) is 5.75 Å². The molecule has 2 rings (SSSR count). The molecule has 0 spiro atoms. The van der Waals surface area contributed by atoms with Crippen molar-refractivity contribution in [2.75, 3.05) is 0 Å². The second-order valence-electron chi connectivity index (χ2n) is 4.13. The number of rotatable bonds is 1. The van der Waals surface area contributed by atoms with E-state index in [1.54, 1.807) is 19.1 Å². The fraction of sp³-hybridized carbons (Fsp3) is 0.364. The van der Waals surface area contributed by atoms with E-state index in [4.69, 9.17) is 5.11 Å². The van der Waals surface area contributed by atoms with Crippen molar-refractivity contribution in [3.05, 3.63) is 29.3 Å². The van der Waals surface area contributed by atoms with Crippen LogP contribution < -0.4 is 0 Å². The third kappa shape index (κ3) is 1.16. The van der Waals surface area contributed by atoms with Crippen molar-refractivity contribution < 1.29 is 15.0 Å². The van der Waals surface area contributed by atoms with Gasteiger partial charge in [-0.05, 0) is 37.0 Å². The molecule has 0 aromatic heterocycles. The normalized spacial score (nSPS) is 24.6. The van der Waals surface area contributed by atoms with Crippen molar-refractivity contribution in [3.63, 3.8) is 0 Å². The Kier molecular flexibility index (Phi) is 1.77. The summed E-state index contributed by atoms with van der Waals surface area (Å²) in [5.41, 5.74) is 0.994. The summed E-state index contributed by atoms with van der Waals surface area (Å²) in [5.74, 6) is -0.583. The van der Waals surface area contributed by atoms with E-state index in [0.717, 1.165) is 11.1 Å². The molecule has 1 aromatic rings. The van der Waals surface area contributed by atoms with Gasteiger partial charge in [0.15, 0.2) is 0 Å². The van der Waals surface area contributed by atoms with Crippen molar-refractivity contribution in [1.29, 1.82) is 0 Å². The van der Waals surface area contributed by atoms with Gasteiger partial charge in [0.1, 0.15) is 5.75 Å². The Morgan fingerprint density at radius 1 is 1.43 bits per heavy atom. The molecule has 2 N–H and O–H groups in total. The predicted molar refractivity (Wildman–Crippen MR) is 51.3 cm³/mol. The maximum atomic E-state index is 11.0. The highest BCUT2D eigenvalue weighted by atomic mass is 16.4. The van der Waals surface area contributed by atoms with E-state index < -0.39 is 11.4 Å². The molecule has 1 unspecified atom stereocenters. The number of aromatic hydroxyl groups is 1. The molecule has 0 saturated carbocycles. The van der Waals surface area contributed by atoms with Crippen molar-refractivity contribution in [2.24, 2.45) is 5.41 Å². The number of hydrogen-bond donors (Lipinski definition) is 2. The van der Waals surface area contributed by atoms with Gasteiger partial charge in [-0.25, -0.2) is 0 Å². The maximum Gasteiger partial charge on any atom is 0.310 e. The van der Waals surface area contributed by atoms with Crippen LogP contribution in [-0.2, 0) is 17.6 Å². The molecule has 0 amide bonds. The summed E-state index contributed by atoms with van der Waals surface area (Å²) in [6, 6.07) is 5.23. The molecule has 0 radical (unpaired) electrons. The number of carboxylic acids is 1. The molecule has 1 atom stereocenters. The van der Waals surface area contributed by atoms with E-state index in [2.05, 4.69) is 0 Å². The van der Waals surface area contributed by atoms with E-state index >= 15 is 0 Å². The molecule has 0 aliphatic heterocycles. The third-order valence-electron chi connectivity index (χ3n) is 2.91. The minimum Gasteiger partial charge on any atom is -0.508 e. The number of phenolic OH excluding ortho intramolecular Hbond substituents is 1. The summed E-state index contributed by atoms with van der Waals surface area (Å²) in [6.07, 6.45) is 0.927. The number of fused-ring (bicyclic) bond motifs is 1. The van der Waals surface area contributed by atoms with Crippen LogP contribution in [0.1, 0.15) is 18.1 Å². The molecule has 3 nitrogen and oxygen atoms in total. The van der Waals surface area contributed by atoms with E-state index in [-0.39, 0.29) is 5.75 Å². The molecule has 0 heterocycles. The average molecular weight is 192 g/mol. The van der Waals surface area contributed by atoms with Gasteiger partial charge < -0.3 is 10.2 Å². The highest BCUT2D eigenvalue weighted by Gasteiger charge is 2.40. The molecule has 1 aromatic carbocycles. The maximum absolute atomic E-state index is 11.0. The number of carbonyl (C=O) groups is 1. The Morgan fingerprint density at radius 3 is 2.71 bits per heavy atom. The Labute approximate surface area is 82.0 Å². The van der Waals surface area contributed by atoms with Gasteiger partial charge in [0.05, 0.1) is 5.41 Å². The van der Waals surface area contributed by atoms with Crippen LogP contribution in [0.15, 0.2) is 18.2 Å². The minimum absolute atomic E-state index is 0.215. The SMILES string of the molecule is CC1(C(=O)O)Cc2cccc(O)c2C1. The summed E-state index contributed by atoms with van der Waals surface area (Å²) in [5, 5.41) is 18.6. The van der Waals surface area contributed by atoms with E-state index in [1.807, 2.05) is 6.07 Å². The van der Waals surface area contributed by atoms with Crippen LogP contribution in [0.5, 0.6) is 5.75 Å². The Morgan fingerprint density at radius 2 is 2.14 bits per heavy atom. The first-order valence-corrected chi connectivity index (χ1v) is 4.56. The monoisotopic (exact) mass is 192 g/mol. The van der Waals surface area contributed by atoms with Crippen molar-refractivity contribution >= 4 is 5.97 Å². The van der Waals surface area contributed by atoms with E-state index in [1.165, 1.54) is 0 Å². The minimum atomic E-state index is -0.798. The topological polar surface area (TPSA) is 57.5 Å². The zero-order chi connectivity index (χ0) is 10.3. The lowest BCUT2D eigenvalue weighted by Gasteiger charge is -2.16. The molecule has 74 valence electrons. The van der Waals surface area contributed by atoms with Gasteiger partial charge in [0.25, 0.3) is 0 Å². The van der Waals surface area contributed by atoms with E-state index in [0.29, 0.717) is 12.8 Å². The molecule has 0 fully saturated rings. The van der Waals surface area contributed by atoms with Crippen LogP contribution in [0.4, 0.5) is 0 Å². The van der Waals surface area contributed by atoms with Crippen molar-refractivity contribution in [1.82, 2.24) is 0 Å². The highest BCUT2D eigenvalue weighted by molar-refractivity contribution is 5.77. The lowest BCUT2D eigenvalue weighted by atomic mass is 9.87. The lowest BCUT2D eigenvalue weighted by Crippen LogP contribution is -2.27. The molecule has 1 aliphatic carbocycles. The Hall–Kier alpha value is -1.51. The van der Waals surface area contributed by atoms with Crippen LogP contribution in [0, 0.1) is 5.41 Å². The predicted octanol–water partition coefficient (Wildman–Crippen LogP) is 1.58. The molecule has 0 bridgehead atoms. The number of benzene rings is 1. The van der Waals surface area contributed by atoms with Gasteiger partial charge >= 0.3 is 5.97 Å². The van der Waals surface area contributed by atoms with Crippen molar-refractivity contribution in [2.45, 2.75) is 19.8 Å². The molecule has 14 heavy (non-hydrogen) atoms. The number of aliphatic carboxylic acids is 1. The second kappa shape index (κ2) is 2.74. The fourth-order valence-corrected chi connectivity index (χ4v) is 2.02. The first-order chi connectivity index (χ1) is 6.53. The molecule has 0 saturated heterocycles. The number of hydrogen-bond acceptors (Lipinski definition) is 2. The quantitative estimate of drug-likeness (QED) is 0.710. The summed E-state index contributed by atoms with van der Waals surface area (Å²) >= 11 is 0. The smallest absolute Gasteiger partial charge is 0.310 e. The Bertz CT molecular complexity index is 398. The summed E-state index contributed by atoms with van der Waals surface area (Å²) in [7, 11) is 0. The molecular weight excluding hydrogens is 180 g/mol. The first-order valence-electron chi connectivity index (χ1n) is 4.56. The van der Waals surface area contributed by atoms with Gasteiger partial charge in [-0.2, -0.15) is 0 Å². The summed E-state index contributed by atoms with van der Waals surface area (Å²) < 4.78 is 0. The van der Waals surface area contributed by atoms with Gasteiger partial charge in [-0.1, -0.05) is 12.1 Å². The van der Waals surface area contributed by atoms with Gasteiger partial charge in [-0.15, -0.1) is 0 Å². The summed E-state index contributed by atoms with van der Waals surface area (Å²) in [6.45, 7) is 1.72. The molecule has 3 heteroatoms. The van der Waals surface area contributed by atoms with Crippen LogP contribution in [0.3, 0.4) is 0 Å². The fourth-order valence-electron chi connectivity index (χ4n) is 2.02. The van der Waals surface area contributed by atoms with Gasteiger partial charge in [0, 0.05) is 0 Å². The van der Waals surface area contributed by atoms with Gasteiger partial charge in [0.2, 0.25) is 0 Å². The zero-order valence-corrected chi connectivity index (χ0v) is 7.95. The van der Waals surface area contributed by atoms with Gasteiger partial charge in [-0.3, -0.25) is 4.79 Å². The first kappa shape index (κ1) is 9.06. The Balaban J connectivity index is 2.44. The highest BCUT2D eigenvalue weighted by Crippen LogP contribution is 2.40. The largest absolute Gasteiger partial charge is 0.508 e. The third-order valence-corrected chi connectivity index (χ3v) is 2.91. The van der Waals surface area contributed by atoms with Crippen LogP contribution in [-0.4, -0.2) is 16.2 Å². The average Bonchev–Trinajstić information content (AvgIpc) is 2.45. The number of carboxylic acid groups (broad SMARTS) is 1. The van der Waals surface area contributed by atoms with E-state index in [9.17, 15) is 9.90 Å². The number of phenols is 1. The van der Waals surface area contributed by atoms with Crippen LogP contribution in [0.2, 0.25) is 0 Å². The lowest BCUT2D eigenvalue weighted by molar-refractivity contribution is -0.147. The zero-order valence-electron chi connectivity index (χ0n) is 7.95. The van der Waals surface area contributed by atoms with Crippen LogP contribution >= 0.6 is 0 Å². The molecular formula is C11H12O3. The standard InChI is InChI=1S/C11H12O3/c1-11(10(13)14)5-7-3-2-4-9(12)8(7)6-11/h2-4,12H,5-6H2,1H3,(H,13,14). The summed E-state index contributed by atoms with van der Waals surface area (Å²) in [4.78, 5) is 11.0.